The highest BCUT2D eigenvalue weighted by atomic mass is 32.2. The van der Waals surface area contributed by atoms with E-state index in [1.54, 1.807) is 11.8 Å². The van der Waals surface area contributed by atoms with Crippen molar-refractivity contribution in [3.05, 3.63) is 11.8 Å². The Morgan fingerprint density at radius 1 is 0.900 bits per heavy atom. The fraction of sp³-hybridized carbons (Fsp3) is 0.686. The predicted octanol–water partition coefficient (Wildman–Crippen LogP) is -4.30. The molecule has 25 heteroatoms. The third-order valence-corrected chi connectivity index (χ3v) is 10.9. The maximum Gasteiger partial charge on any atom is 0.407 e. The van der Waals surface area contributed by atoms with Crippen LogP contribution in [-0.4, -0.2) is 162 Å². The number of alkyl carbamates (subject to hydrolysis) is 1. The summed E-state index contributed by atoms with van der Waals surface area (Å²) < 4.78 is 10.8. The zero-order valence-electron chi connectivity index (χ0n) is 33.2. The number of carboxylic acid groups (broad SMARTS) is 1. The van der Waals surface area contributed by atoms with Gasteiger partial charge in [-0.05, 0) is 31.8 Å². The second-order valence-electron chi connectivity index (χ2n) is 14.2. The number of carbonyl (C=O) groups is 8. The van der Waals surface area contributed by atoms with Crippen molar-refractivity contribution in [3.63, 3.8) is 0 Å². The molecule has 2 saturated heterocycles. The molecule has 8 amide bonds. The molecule has 2 fully saturated rings. The van der Waals surface area contributed by atoms with Gasteiger partial charge in [0.15, 0.2) is 18.2 Å². The van der Waals surface area contributed by atoms with Gasteiger partial charge in [0.2, 0.25) is 35.3 Å². The number of rotatable bonds is 25. The van der Waals surface area contributed by atoms with Crippen molar-refractivity contribution >= 4 is 65.4 Å². The number of fused-ring (bicyclic) bond motifs is 1. The molecule has 3 heterocycles. The summed E-state index contributed by atoms with van der Waals surface area (Å²) in [7, 11) is 0. The minimum Gasteiger partial charge on any atom is -0.477 e. The van der Waals surface area contributed by atoms with E-state index in [0.717, 1.165) is 31.6 Å². The second kappa shape index (κ2) is 25.2. The van der Waals surface area contributed by atoms with E-state index in [0.29, 0.717) is 43.9 Å². The Bertz CT molecular complexity index is 1600. The van der Waals surface area contributed by atoms with Crippen molar-refractivity contribution in [1.29, 1.82) is 0 Å². The lowest BCUT2D eigenvalue weighted by Gasteiger charge is -2.39. The first-order chi connectivity index (χ1) is 28.6. The molecule has 0 aromatic heterocycles. The van der Waals surface area contributed by atoms with E-state index < -0.39 is 84.4 Å². The van der Waals surface area contributed by atoms with E-state index in [-0.39, 0.29) is 56.6 Å². The SMILES string of the molecule is CC(=O)N[C@H]1[C@H]([C@H](OC(=O)NCCCCCCNC(=O)CNC(=O)CNC(=O)CNC(=O)CCCC[C@@H]2SC[C@@H]3NC(=O)N[C@@H]32)[C@H](O)CO)OC(C(=O)O)=C[C@@H]1N=C(N)N. The molecule has 0 spiro atoms. The van der Waals surface area contributed by atoms with Gasteiger partial charge in [0, 0.05) is 37.4 Å². The number of urea groups is 1. The first-order valence-corrected chi connectivity index (χ1v) is 20.6. The molecule has 24 nitrogen and oxygen atoms in total. The third kappa shape index (κ3) is 17.0. The fourth-order valence-corrected chi connectivity index (χ4v) is 8.08. The summed E-state index contributed by atoms with van der Waals surface area (Å²) in [4.78, 5) is 100. The van der Waals surface area contributed by atoms with Crippen LogP contribution in [0.1, 0.15) is 58.3 Å². The molecule has 0 aromatic carbocycles. The van der Waals surface area contributed by atoms with Crippen LogP contribution in [0.25, 0.3) is 0 Å². The number of hydrogen-bond acceptors (Lipinski definition) is 14. The summed E-state index contributed by atoms with van der Waals surface area (Å²) in [6.07, 6.45) is -0.0829. The van der Waals surface area contributed by atoms with Gasteiger partial charge < -0.3 is 78.8 Å². The largest absolute Gasteiger partial charge is 0.477 e. The van der Waals surface area contributed by atoms with Gasteiger partial charge >= 0.3 is 18.1 Å². The number of hydrogen-bond donors (Lipinski definition) is 13. The molecule has 0 aromatic rings. The third-order valence-electron chi connectivity index (χ3n) is 9.43. The molecule has 60 heavy (non-hydrogen) atoms. The van der Waals surface area contributed by atoms with Crippen molar-refractivity contribution in [3.8, 4) is 0 Å². The molecular formula is C35H57N11O13S. The highest BCUT2D eigenvalue weighted by Crippen LogP contribution is 2.33. The number of aliphatic imine (C=N–C) groups is 1. The number of unbranched alkanes of at least 4 members (excludes halogenated alkanes) is 4. The van der Waals surface area contributed by atoms with Crippen molar-refractivity contribution in [2.45, 2.75) is 106 Å². The topological polar surface area (TPSA) is 376 Å². The van der Waals surface area contributed by atoms with Crippen LogP contribution in [0.3, 0.4) is 0 Å². The Balaban J connectivity index is 1.23. The van der Waals surface area contributed by atoms with E-state index in [1.807, 2.05) is 0 Å². The molecule has 0 radical (unpaired) electrons. The lowest BCUT2D eigenvalue weighted by molar-refractivity contribution is -0.146. The Labute approximate surface area is 349 Å². The number of nitrogens with two attached hydrogens (primary N) is 2. The van der Waals surface area contributed by atoms with Gasteiger partial charge in [0.05, 0.1) is 50.4 Å². The summed E-state index contributed by atoms with van der Waals surface area (Å²) in [5.41, 5.74) is 11.0. The van der Waals surface area contributed by atoms with Crippen molar-refractivity contribution < 1.29 is 63.1 Å². The smallest absolute Gasteiger partial charge is 0.407 e. The number of guanidine groups is 1. The Kier molecular flexibility index (Phi) is 20.5. The van der Waals surface area contributed by atoms with Gasteiger partial charge in [-0.2, -0.15) is 11.8 Å². The summed E-state index contributed by atoms with van der Waals surface area (Å²) in [5.74, 6) is -4.23. The molecule has 0 unspecified atom stereocenters. The van der Waals surface area contributed by atoms with Crippen LogP contribution in [0.4, 0.5) is 9.59 Å². The monoisotopic (exact) mass is 871 g/mol. The standard InChI is InChI=1S/C35H57N11O13S/c1-18(48)43-29-19(44-33(36)37)12-22(32(54)55)58-31(29)30(21(49)16-47)59-35(57)39-11-7-3-2-6-10-38-25(51)13-41-27(53)15-42-26(52)14-40-24(50)9-5-4-8-23-28-20(17-60-23)45-34(56)46-28/h12,19-21,23,28-31,47,49H,2-11,13-17H2,1H3,(H,38,51)(H,39,57)(H,40,50)(H,41,53)(H,42,52)(H,43,48)(H,54,55)(H4,36,37,44)(H2,45,46,56)/t19-,20-,21+,23-,28-,29+,30+,31+/m0/s1. The maximum absolute atomic E-state index is 12.7. The second-order valence-corrected chi connectivity index (χ2v) is 15.5. The Hall–Kier alpha value is -5.56. The number of aliphatic hydroxyl groups is 2. The van der Waals surface area contributed by atoms with Crippen LogP contribution in [0.2, 0.25) is 0 Å². The Morgan fingerprint density at radius 2 is 1.52 bits per heavy atom. The molecule has 0 saturated carbocycles. The van der Waals surface area contributed by atoms with Gasteiger partial charge in [-0.3, -0.25) is 24.0 Å². The van der Waals surface area contributed by atoms with Crippen LogP contribution in [0.5, 0.6) is 0 Å². The average molecular weight is 872 g/mol. The van der Waals surface area contributed by atoms with Gasteiger partial charge in [-0.15, -0.1) is 0 Å². The number of amides is 8. The number of aliphatic carboxylic acids is 1. The lowest BCUT2D eigenvalue weighted by atomic mass is 9.92. The molecule has 15 N–H and O–H groups in total. The number of aliphatic hydroxyl groups excluding tert-OH is 2. The zero-order chi connectivity index (χ0) is 44.2. The minimum absolute atomic E-state index is 0.111. The van der Waals surface area contributed by atoms with Crippen LogP contribution < -0.4 is 54.0 Å². The number of carbonyl (C=O) groups excluding carboxylic acids is 7. The summed E-state index contributed by atoms with van der Waals surface area (Å²) in [6, 6.07) is -2.29. The van der Waals surface area contributed by atoms with E-state index in [9.17, 15) is 53.7 Å². The molecule has 3 rings (SSSR count). The summed E-state index contributed by atoms with van der Waals surface area (Å²) >= 11 is 1.80. The first kappa shape index (κ1) is 48.8. The molecular weight excluding hydrogens is 815 g/mol. The first-order valence-electron chi connectivity index (χ1n) is 19.5. The molecule has 8 atom stereocenters. The van der Waals surface area contributed by atoms with Gasteiger partial charge in [-0.1, -0.05) is 19.3 Å². The number of nitrogens with zero attached hydrogens (tertiary/aromatic N) is 1. The van der Waals surface area contributed by atoms with Crippen LogP contribution >= 0.6 is 11.8 Å². The van der Waals surface area contributed by atoms with E-state index in [2.05, 4.69) is 47.5 Å². The van der Waals surface area contributed by atoms with Crippen molar-refractivity contribution in [1.82, 2.24) is 42.5 Å². The maximum atomic E-state index is 12.7. The van der Waals surface area contributed by atoms with Gasteiger partial charge in [-0.25, -0.2) is 19.4 Å². The van der Waals surface area contributed by atoms with Crippen LogP contribution in [0.15, 0.2) is 16.8 Å². The number of thioether (sulfide) groups is 1. The average Bonchev–Trinajstić information content (AvgIpc) is 3.75. The molecule has 0 aliphatic carbocycles. The normalized spacial score (nSPS) is 22.4. The van der Waals surface area contributed by atoms with Gasteiger partial charge in [0.25, 0.3) is 0 Å². The highest BCUT2D eigenvalue weighted by Gasteiger charge is 2.46. The van der Waals surface area contributed by atoms with Crippen molar-refractivity contribution in [2.75, 3.05) is 45.1 Å². The number of carboxylic acids is 1. The Morgan fingerprint density at radius 3 is 2.12 bits per heavy atom. The van der Waals surface area contributed by atoms with Crippen molar-refractivity contribution in [2.24, 2.45) is 16.5 Å². The van der Waals surface area contributed by atoms with E-state index in [1.165, 1.54) is 0 Å². The quantitative estimate of drug-likeness (QED) is 0.0179. The highest BCUT2D eigenvalue weighted by molar-refractivity contribution is 8.00. The van der Waals surface area contributed by atoms with E-state index >= 15 is 0 Å². The predicted molar refractivity (Wildman–Crippen MR) is 214 cm³/mol. The molecule has 0 bridgehead atoms. The van der Waals surface area contributed by atoms with Crippen LogP contribution in [-0.2, 0) is 38.2 Å². The number of ether oxygens (including phenoxy) is 2. The molecule has 336 valence electrons. The zero-order valence-corrected chi connectivity index (χ0v) is 34.1. The summed E-state index contributed by atoms with van der Waals surface area (Å²) in [6.45, 7) is -0.313. The molecule has 3 aliphatic heterocycles. The number of nitrogens with one attached hydrogen (secondary N) is 8. The molecule has 3 aliphatic rings. The van der Waals surface area contributed by atoms with Gasteiger partial charge in [0.1, 0.15) is 6.10 Å². The minimum atomic E-state index is -1.76. The van der Waals surface area contributed by atoms with E-state index in [4.69, 9.17) is 20.9 Å². The fourth-order valence-electron chi connectivity index (χ4n) is 6.54. The van der Waals surface area contributed by atoms with Crippen LogP contribution in [0, 0.1) is 0 Å². The summed E-state index contributed by atoms with van der Waals surface area (Å²) in [5, 5.41) is 50.8. The lowest BCUT2D eigenvalue weighted by Crippen LogP contribution is -2.61.